The topological polar surface area (TPSA) is 37.4 Å². The summed E-state index contributed by atoms with van der Waals surface area (Å²) in [4.78, 5) is 27.6. The molecule has 0 bridgehead atoms. The molecule has 4 rings (SSSR count). The van der Waals surface area contributed by atoms with Gasteiger partial charge in [0.2, 0.25) is 5.91 Å². The van der Waals surface area contributed by atoms with E-state index < -0.39 is 11.6 Å². The van der Waals surface area contributed by atoms with Gasteiger partial charge in [-0.25, -0.2) is 8.78 Å². The highest BCUT2D eigenvalue weighted by molar-refractivity contribution is 6.07. The Morgan fingerprint density at radius 2 is 1.69 bits per heavy atom. The highest BCUT2D eigenvalue weighted by Crippen LogP contribution is 2.48. The van der Waals surface area contributed by atoms with E-state index in [4.69, 9.17) is 0 Å². The summed E-state index contributed by atoms with van der Waals surface area (Å²) in [5, 5.41) is 0. The van der Waals surface area contributed by atoms with E-state index in [1.54, 1.807) is 0 Å². The molecule has 0 saturated heterocycles. The Bertz CT molecular complexity index is 1040. The van der Waals surface area contributed by atoms with Gasteiger partial charge in [0.25, 0.3) is 0 Å². The second-order valence-electron chi connectivity index (χ2n) is 8.79. The minimum Gasteiger partial charge on any atom is -0.294 e. The summed E-state index contributed by atoms with van der Waals surface area (Å²) in [6.45, 7) is 5.91. The SMILES string of the molecule is Cc1ccc([C@@H]2CC(=O)N(c3ccc(F)cc3F)C3=C2C(=O)CC(C)(C)C3)cc1. The standard InChI is InChI=1S/C24H23F2NO2/c1-14-4-6-15(7-5-14)17-11-22(29)27(19-9-8-16(25)10-18(19)26)20-12-24(2,3)13-21(28)23(17)20/h4-10,17H,11-13H2,1-3H3/t17-/m0/s1. The van der Waals surface area contributed by atoms with Crippen molar-refractivity contribution in [3.05, 3.63) is 76.5 Å². The third kappa shape index (κ3) is 3.50. The van der Waals surface area contributed by atoms with Crippen LogP contribution >= 0.6 is 0 Å². The first-order chi connectivity index (χ1) is 13.7. The summed E-state index contributed by atoms with van der Waals surface area (Å²) >= 11 is 0. The lowest BCUT2D eigenvalue weighted by Gasteiger charge is -2.43. The molecule has 2 aliphatic rings. The fourth-order valence-electron chi connectivity index (χ4n) is 4.44. The molecular formula is C24H23F2NO2. The number of rotatable bonds is 2. The van der Waals surface area contributed by atoms with Gasteiger partial charge in [-0.15, -0.1) is 0 Å². The lowest BCUT2D eigenvalue weighted by molar-refractivity contribution is -0.121. The molecule has 3 nitrogen and oxygen atoms in total. The quantitative estimate of drug-likeness (QED) is 0.679. The van der Waals surface area contributed by atoms with Crippen molar-refractivity contribution < 1.29 is 18.4 Å². The highest BCUT2D eigenvalue weighted by Gasteiger charge is 2.44. The normalized spacial score (nSPS) is 21.4. The number of anilines is 1. The van der Waals surface area contributed by atoms with Crippen LogP contribution in [-0.4, -0.2) is 11.7 Å². The molecule has 0 radical (unpaired) electrons. The van der Waals surface area contributed by atoms with Crippen molar-refractivity contribution in [1.29, 1.82) is 0 Å². The van der Waals surface area contributed by atoms with Crippen molar-refractivity contribution in [2.45, 2.75) is 46.0 Å². The first-order valence-corrected chi connectivity index (χ1v) is 9.77. The van der Waals surface area contributed by atoms with Crippen LogP contribution in [-0.2, 0) is 9.59 Å². The van der Waals surface area contributed by atoms with Crippen molar-refractivity contribution in [2.24, 2.45) is 5.41 Å². The maximum atomic E-state index is 14.6. The number of allylic oxidation sites excluding steroid dienone is 2. The number of nitrogens with zero attached hydrogens (tertiary/aromatic N) is 1. The molecule has 0 saturated carbocycles. The van der Waals surface area contributed by atoms with Crippen molar-refractivity contribution in [3.8, 4) is 0 Å². The molecule has 2 aromatic carbocycles. The Morgan fingerprint density at radius 3 is 2.34 bits per heavy atom. The molecule has 2 aromatic rings. The molecule has 0 fully saturated rings. The monoisotopic (exact) mass is 395 g/mol. The predicted molar refractivity (Wildman–Crippen MR) is 107 cm³/mol. The van der Waals surface area contributed by atoms with Crippen LogP contribution in [0.4, 0.5) is 14.5 Å². The van der Waals surface area contributed by atoms with E-state index in [1.807, 2.05) is 45.0 Å². The molecule has 1 amide bonds. The number of carbonyl (C=O) groups excluding carboxylic acids is 2. The molecule has 0 unspecified atom stereocenters. The maximum Gasteiger partial charge on any atom is 0.232 e. The molecule has 1 atom stereocenters. The molecule has 29 heavy (non-hydrogen) atoms. The lowest BCUT2D eigenvalue weighted by Crippen LogP contribution is -2.44. The fraction of sp³-hybridized carbons (Fsp3) is 0.333. The number of benzene rings is 2. The second kappa shape index (κ2) is 6.90. The van der Waals surface area contributed by atoms with Gasteiger partial charge in [-0.2, -0.15) is 0 Å². The predicted octanol–water partition coefficient (Wildman–Crippen LogP) is 5.44. The first-order valence-electron chi connectivity index (χ1n) is 9.77. The van der Waals surface area contributed by atoms with Crippen molar-refractivity contribution >= 4 is 17.4 Å². The van der Waals surface area contributed by atoms with Gasteiger partial charge in [-0.05, 0) is 36.5 Å². The number of ketones is 1. The van der Waals surface area contributed by atoms with Gasteiger partial charge in [-0.3, -0.25) is 14.5 Å². The van der Waals surface area contributed by atoms with Crippen LogP contribution in [0.2, 0.25) is 0 Å². The molecule has 0 spiro atoms. The second-order valence-corrected chi connectivity index (χ2v) is 8.79. The van der Waals surface area contributed by atoms with Gasteiger partial charge >= 0.3 is 0 Å². The Morgan fingerprint density at radius 1 is 1.00 bits per heavy atom. The summed E-state index contributed by atoms with van der Waals surface area (Å²) in [6.07, 6.45) is 0.923. The van der Waals surface area contributed by atoms with Gasteiger partial charge in [-0.1, -0.05) is 43.7 Å². The average molecular weight is 395 g/mol. The number of carbonyl (C=O) groups is 2. The van der Waals surface area contributed by atoms with Crippen molar-refractivity contribution in [3.63, 3.8) is 0 Å². The lowest BCUT2D eigenvalue weighted by atomic mass is 9.69. The van der Waals surface area contributed by atoms with Gasteiger partial charge < -0.3 is 0 Å². The minimum absolute atomic E-state index is 0.00300. The Labute approximate surface area is 169 Å². The minimum atomic E-state index is -0.810. The summed E-state index contributed by atoms with van der Waals surface area (Å²) in [5.74, 6) is -2.16. The van der Waals surface area contributed by atoms with E-state index >= 15 is 0 Å². The molecule has 1 heterocycles. The zero-order valence-corrected chi connectivity index (χ0v) is 16.8. The number of aryl methyl sites for hydroxylation is 1. The number of halogens is 2. The Kier molecular flexibility index (Phi) is 4.64. The highest BCUT2D eigenvalue weighted by atomic mass is 19.1. The van der Waals surface area contributed by atoms with Gasteiger partial charge in [0.15, 0.2) is 5.78 Å². The molecular weight excluding hydrogens is 372 g/mol. The molecule has 0 aromatic heterocycles. The molecule has 0 N–H and O–H groups in total. The fourth-order valence-corrected chi connectivity index (χ4v) is 4.44. The maximum absolute atomic E-state index is 14.6. The smallest absolute Gasteiger partial charge is 0.232 e. The van der Waals surface area contributed by atoms with E-state index in [0.717, 1.165) is 23.3 Å². The Hall–Kier alpha value is -2.82. The molecule has 5 heteroatoms. The van der Waals surface area contributed by atoms with Crippen LogP contribution in [0.15, 0.2) is 53.7 Å². The first kappa shape index (κ1) is 19.5. The average Bonchev–Trinajstić information content (AvgIpc) is 2.62. The van der Waals surface area contributed by atoms with E-state index in [0.29, 0.717) is 24.1 Å². The summed E-state index contributed by atoms with van der Waals surface area (Å²) in [6, 6.07) is 11.0. The van der Waals surface area contributed by atoms with Crippen LogP contribution in [0.25, 0.3) is 0 Å². The zero-order valence-electron chi connectivity index (χ0n) is 16.8. The van der Waals surface area contributed by atoms with Gasteiger partial charge in [0, 0.05) is 36.1 Å². The van der Waals surface area contributed by atoms with Crippen LogP contribution < -0.4 is 4.90 Å². The van der Waals surface area contributed by atoms with E-state index in [1.165, 1.54) is 11.0 Å². The van der Waals surface area contributed by atoms with Crippen molar-refractivity contribution in [2.75, 3.05) is 4.90 Å². The Balaban J connectivity index is 1.91. The van der Waals surface area contributed by atoms with Crippen LogP contribution in [0.3, 0.4) is 0 Å². The zero-order chi connectivity index (χ0) is 20.9. The molecule has 1 aliphatic heterocycles. The van der Waals surface area contributed by atoms with E-state index in [2.05, 4.69) is 0 Å². The molecule has 1 aliphatic carbocycles. The van der Waals surface area contributed by atoms with Crippen LogP contribution in [0, 0.1) is 24.0 Å². The third-order valence-electron chi connectivity index (χ3n) is 5.77. The number of Topliss-reactive ketones (excluding diaryl/α,β-unsaturated/α-hetero) is 1. The number of amides is 1. The van der Waals surface area contributed by atoms with Crippen molar-refractivity contribution in [1.82, 2.24) is 0 Å². The third-order valence-corrected chi connectivity index (χ3v) is 5.77. The van der Waals surface area contributed by atoms with E-state index in [9.17, 15) is 18.4 Å². The number of hydrogen-bond donors (Lipinski definition) is 0. The van der Waals surface area contributed by atoms with Crippen LogP contribution in [0.5, 0.6) is 0 Å². The molecule has 150 valence electrons. The summed E-state index contributed by atoms with van der Waals surface area (Å²) < 4.78 is 28.0. The largest absolute Gasteiger partial charge is 0.294 e. The van der Waals surface area contributed by atoms with E-state index in [-0.39, 0.29) is 35.1 Å². The van der Waals surface area contributed by atoms with Gasteiger partial charge in [0.1, 0.15) is 11.6 Å². The summed E-state index contributed by atoms with van der Waals surface area (Å²) in [5.41, 5.74) is 2.77. The number of hydrogen-bond acceptors (Lipinski definition) is 2. The van der Waals surface area contributed by atoms with Crippen LogP contribution in [0.1, 0.15) is 50.2 Å². The van der Waals surface area contributed by atoms with Gasteiger partial charge in [0.05, 0.1) is 5.69 Å². The summed E-state index contributed by atoms with van der Waals surface area (Å²) in [7, 11) is 0.